The number of hydrogen-bond donors (Lipinski definition) is 1. The maximum Gasteiger partial charge on any atom is 0.108 e. The molecule has 1 heterocycles. The molecule has 0 bridgehead atoms. The molecule has 0 amide bonds. The van der Waals surface area contributed by atoms with Crippen LogP contribution in [0.4, 0.5) is 5.69 Å². The highest BCUT2D eigenvalue weighted by Gasteiger charge is 1.98. The lowest BCUT2D eigenvalue weighted by Crippen LogP contribution is -2.08. The van der Waals surface area contributed by atoms with Crippen molar-refractivity contribution in [2.75, 3.05) is 11.9 Å². The SMILES string of the molecule is CCc1nccn1CCCNc1ccccc1. The minimum Gasteiger partial charge on any atom is -0.385 e. The molecule has 17 heavy (non-hydrogen) atoms. The van der Waals surface area contributed by atoms with Crippen LogP contribution in [0.3, 0.4) is 0 Å². The van der Waals surface area contributed by atoms with E-state index in [0.29, 0.717) is 0 Å². The van der Waals surface area contributed by atoms with Gasteiger partial charge in [-0.25, -0.2) is 4.98 Å². The zero-order valence-corrected chi connectivity index (χ0v) is 10.3. The fraction of sp³-hybridized carbons (Fsp3) is 0.357. The van der Waals surface area contributed by atoms with Crippen molar-refractivity contribution in [3.8, 4) is 0 Å². The first-order valence-electron chi connectivity index (χ1n) is 6.19. The number of rotatable bonds is 6. The van der Waals surface area contributed by atoms with E-state index in [1.165, 1.54) is 11.5 Å². The Morgan fingerprint density at radius 2 is 2.06 bits per heavy atom. The molecule has 0 spiro atoms. The smallest absolute Gasteiger partial charge is 0.108 e. The molecule has 2 rings (SSSR count). The second kappa shape index (κ2) is 6.09. The number of aromatic nitrogens is 2. The largest absolute Gasteiger partial charge is 0.385 e. The predicted molar refractivity (Wildman–Crippen MR) is 71.2 cm³/mol. The van der Waals surface area contributed by atoms with Gasteiger partial charge in [0.25, 0.3) is 0 Å². The molecule has 1 N–H and O–H groups in total. The van der Waals surface area contributed by atoms with Crippen molar-refractivity contribution in [3.05, 3.63) is 48.5 Å². The monoisotopic (exact) mass is 229 g/mol. The molecule has 0 aliphatic carbocycles. The van der Waals surface area contributed by atoms with Gasteiger partial charge in [0.15, 0.2) is 0 Å². The Morgan fingerprint density at radius 1 is 1.24 bits per heavy atom. The highest BCUT2D eigenvalue weighted by Crippen LogP contribution is 2.05. The summed E-state index contributed by atoms with van der Waals surface area (Å²) in [5.41, 5.74) is 1.19. The van der Waals surface area contributed by atoms with Gasteiger partial charge < -0.3 is 9.88 Å². The van der Waals surface area contributed by atoms with Crippen LogP contribution in [0.2, 0.25) is 0 Å². The summed E-state index contributed by atoms with van der Waals surface area (Å²) in [5.74, 6) is 1.17. The van der Waals surface area contributed by atoms with Gasteiger partial charge in [-0.15, -0.1) is 0 Å². The van der Waals surface area contributed by atoms with Gasteiger partial charge in [0.1, 0.15) is 5.82 Å². The topological polar surface area (TPSA) is 29.9 Å². The predicted octanol–water partition coefficient (Wildman–Crippen LogP) is 2.95. The zero-order valence-electron chi connectivity index (χ0n) is 10.3. The summed E-state index contributed by atoms with van der Waals surface area (Å²) in [6, 6.07) is 10.3. The Hall–Kier alpha value is -1.77. The molecule has 0 fully saturated rings. The van der Waals surface area contributed by atoms with Gasteiger partial charge in [0.2, 0.25) is 0 Å². The van der Waals surface area contributed by atoms with Crippen LogP contribution in [0.15, 0.2) is 42.7 Å². The van der Waals surface area contributed by atoms with Crippen molar-refractivity contribution in [2.45, 2.75) is 26.3 Å². The average molecular weight is 229 g/mol. The number of hydrogen-bond acceptors (Lipinski definition) is 2. The third kappa shape index (κ3) is 3.34. The van der Waals surface area contributed by atoms with Crippen molar-refractivity contribution in [1.82, 2.24) is 9.55 Å². The summed E-state index contributed by atoms with van der Waals surface area (Å²) in [6.07, 6.45) is 6.04. The van der Waals surface area contributed by atoms with E-state index < -0.39 is 0 Å². The van der Waals surface area contributed by atoms with Crippen LogP contribution in [0, 0.1) is 0 Å². The molecule has 3 heteroatoms. The Kier molecular flexibility index (Phi) is 4.19. The third-order valence-electron chi connectivity index (χ3n) is 2.80. The van der Waals surface area contributed by atoms with Crippen LogP contribution in [0.25, 0.3) is 0 Å². The molecule has 2 aromatic rings. The van der Waals surface area contributed by atoms with Gasteiger partial charge >= 0.3 is 0 Å². The van der Waals surface area contributed by atoms with Crippen molar-refractivity contribution in [3.63, 3.8) is 0 Å². The summed E-state index contributed by atoms with van der Waals surface area (Å²) >= 11 is 0. The summed E-state index contributed by atoms with van der Waals surface area (Å²) < 4.78 is 2.23. The van der Waals surface area contributed by atoms with Crippen LogP contribution >= 0.6 is 0 Å². The lowest BCUT2D eigenvalue weighted by Gasteiger charge is -2.08. The normalized spacial score (nSPS) is 10.4. The minimum absolute atomic E-state index is 0.991. The summed E-state index contributed by atoms with van der Waals surface area (Å²) in [6.45, 7) is 4.16. The fourth-order valence-electron chi connectivity index (χ4n) is 1.90. The molecule has 90 valence electrons. The number of para-hydroxylation sites is 1. The fourth-order valence-corrected chi connectivity index (χ4v) is 1.90. The van der Waals surface area contributed by atoms with Gasteiger partial charge in [-0.05, 0) is 18.6 Å². The molecule has 0 unspecified atom stereocenters. The van der Waals surface area contributed by atoms with Crippen molar-refractivity contribution < 1.29 is 0 Å². The van der Waals surface area contributed by atoms with Crippen LogP contribution in [-0.4, -0.2) is 16.1 Å². The second-order valence-electron chi connectivity index (χ2n) is 4.04. The molecule has 0 radical (unpaired) electrons. The molecule has 0 saturated carbocycles. The van der Waals surface area contributed by atoms with E-state index in [-0.39, 0.29) is 0 Å². The van der Waals surface area contributed by atoms with Gasteiger partial charge in [-0.3, -0.25) is 0 Å². The Labute approximate surface area is 103 Å². The number of benzene rings is 1. The summed E-state index contributed by atoms with van der Waals surface area (Å²) in [4.78, 5) is 4.31. The molecular weight excluding hydrogens is 210 g/mol. The van der Waals surface area contributed by atoms with E-state index >= 15 is 0 Å². The van der Waals surface area contributed by atoms with E-state index in [4.69, 9.17) is 0 Å². The number of anilines is 1. The maximum atomic E-state index is 4.31. The first kappa shape index (κ1) is 11.7. The van der Waals surface area contributed by atoms with Crippen LogP contribution in [0.5, 0.6) is 0 Å². The summed E-state index contributed by atoms with van der Waals surface area (Å²) in [5, 5.41) is 3.41. The molecule has 0 saturated heterocycles. The van der Waals surface area contributed by atoms with Crippen LogP contribution in [-0.2, 0) is 13.0 Å². The Morgan fingerprint density at radius 3 is 2.82 bits per heavy atom. The van der Waals surface area contributed by atoms with E-state index in [9.17, 15) is 0 Å². The van der Waals surface area contributed by atoms with E-state index in [2.05, 4.69) is 40.1 Å². The molecule has 1 aromatic carbocycles. The second-order valence-corrected chi connectivity index (χ2v) is 4.04. The van der Waals surface area contributed by atoms with Gasteiger partial charge in [-0.2, -0.15) is 0 Å². The van der Waals surface area contributed by atoms with Crippen LogP contribution in [0.1, 0.15) is 19.2 Å². The highest BCUT2D eigenvalue weighted by atomic mass is 15.1. The maximum absolute atomic E-state index is 4.31. The Bertz CT molecular complexity index is 434. The molecular formula is C14H19N3. The molecule has 0 aliphatic heterocycles. The van der Waals surface area contributed by atoms with E-state index in [0.717, 1.165) is 25.9 Å². The lowest BCUT2D eigenvalue weighted by atomic mass is 10.3. The molecule has 1 aromatic heterocycles. The van der Waals surface area contributed by atoms with E-state index in [1.54, 1.807) is 0 Å². The van der Waals surface area contributed by atoms with Crippen molar-refractivity contribution in [2.24, 2.45) is 0 Å². The first-order chi connectivity index (χ1) is 8.40. The zero-order chi connectivity index (χ0) is 11.9. The molecule has 3 nitrogen and oxygen atoms in total. The number of imidazole rings is 1. The first-order valence-corrected chi connectivity index (χ1v) is 6.19. The highest BCUT2D eigenvalue weighted by molar-refractivity contribution is 5.42. The molecule has 0 aliphatic rings. The summed E-state index contributed by atoms with van der Waals surface area (Å²) in [7, 11) is 0. The third-order valence-corrected chi connectivity index (χ3v) is 2.80. The van der Waals surface area contributed by atoms with E-state index in [1.807, 2.05) is 24.4 Å². The van der Waals surface area contributed by atoms with Gasteiger partial charge in [-0.1, -0.05) is 25.1 Å². The van der Waals surface area contributed by atoms with Gasteiger partial charge in [0.05, 0.1) is 0 Å². The van der Waals surface area contributed by atoms with Crippen LogP contribution < -0.4 is 5.32 Å². The number of aryl methyl sites for hydroxylation is 2. The number of nitrogens with zero attached hydrogens (tertiary/aromatic N) is 2. The Balaban J connectivity index is 1.73. The van der Waals surface area contributed by atoms with Crippen molar-refractivity contribution >= 4 is 5.69 Å². The van der Waals surface area contributed by atoms with Crippen molar-refractivity contribution in [1.29, 1.82) is 0 Å². The quantitative estimate of drug-likeness (QED) is 0.772. The standard InChI is InChI=1S/C14H19N3/c1-2-14-16-10-12-17(14)11-6-9-15-13-7-4-3-5-8-13/h3-5,7-8,10,12,15H,2,6,9,11H2,1H3. The average Bonchev–Trinajstić information content (AvgIpc) is 2.83. The lowest BCUT2D eigenvalue weighted by molar-refractivity contribution is 0.629. The minimum atomic E-state index is 0.991. The number of nitrogens with one attached hydrogen (secondary N) is 1. The van der Waals surface area contributed by atoms with Gasteiger partial charge in [0, 0.05) is 37.6 Å². The molecule has 0 atom stereocenters.